The van der Waals surface area contributed by atoms with Crippen molar-refractivity contribution in [3.63, 3.8) is 0 Å². The third-order valence-corrected chi connectivity index (χ3v) is 3.25. The molecule has 88 valence electrons. The van der Waals surface area contributed by atoms with Gasteiger partial charge in [0.25, 0.3) is 0 Å². The summed E-state index contributed by atoms with van der Waals surface area (Å²) in [5, 5.41) is 12.5. The highest BCUT2D eigenvalue weighted by atomic mass is 16.3. The number of hydrogen-bond acceptors (Lipinski definition) is 3. The van der Waals surface area contributed by atoms with Crippen LogP contribution in [-0.2, 0) is 4.79 Å². The van der Waals surface area contributed by atoms with Crippen LogP contribution in [-0.4, -0.2) is 29.6 Å². The molecule has 1 rings (SSSR count). The fraction of sp³-hybridized carbons (Fsp3) is 0.917. The molecule has 1 heterocycles. The first-order chi connectivity index (χ1) is 7.19. The number of hydrogen-bond donors (Lipinski definition) is 2. The Morgan fingerprint density at radius 3 is 2.73 bits per heavy atom. The molecule has 0 radical (unpaired) electrons. The van der Waals surface area contributed by atoms with Gasteiger partial charge in [0.05, 0.1) is 12.1 Å². The van der Waals surface area contributed by atoms with E-state index in [4.69, 9.17) is 0 Å². The highest BCUT2D eigenvalue weighted by Crippen LogP contribution is 2.19. The molecule has 0 bridgehead atoms. The molecule has 0 amide bonds. The fourth-order valence-electron chi connectivity index (χ4n) is 2.22. The lowest BCUT2D eigenvalue weighted by molar-refractivity contribution is -0.125. The molecule has 0 aromatic rings. The lowest BCUT2D eigenvalue weighted by atomic mass is 9.90. The van der Waals surface area contributed by atoms with Crippen LogP contribution in [0.5, 0.6) is 0 Å². The third kappa shape index (κ3) is 3.58. The van der Waals surface area contributed by atoms with E-state index in [-0.39, 0.29) is 18.1 Å². The number of aliphatic hydroxyl groups excluding tert-OH is 1. The van der Waals surface area contributed by atoms with E-state index in [9.17, 15) is 9.90 Å². The molecule has 0 spiro atoms. The highest BCUT2D eigenvalue weighted by molar-refractivity contribution is 5.86. The van der Waals surface area contributed by atoms with Gasteiger partial charge in [0, 0.05) is 12.5 Å². The maximum absolute atomic E-state index is 12.1. The number of ketones is 1. The summed E-state index contributed by atoms with van der Waals surface area (Å²) in [6.45, 7) is 4.79. The lowest BCUT2D eigenvalue weighted by Crippen LogP contribution is -2.35. The molecule has 1 aliphatic rings. The summed E-state index contributed by atoms with van der Waals surface area (Å²) in [6, 6.07) is -0.0955. The van der Waals surface area contributed by atoms with Crippen molar-refractivity contribution in [3.05, 3.63) is 0 Å². The number of carbonyl (C=O) groups excluding carboxylic acids is 1. The molecule has 3 heteroatoms. The molecular weight excluding hydrogens is 190 g/mol. The molecule has 1 unspecified atom stereocenters. The first-order valence-electron chi connectivity index (χ1n) is 6.14. The van der Waals surface area contributed by atoms with E-state index >= 15 is 0 Å². The molecule has 0 aromatic heterocycles. The summed E-state index contributed by atoms with van der Waals surface area (Å²) in [7, 11) is 0. The minimum atomic E-state index is -0.331. The Morgan fingerprint density at radius 2 is 2.27 bits per heavy atom. The number of nitrogens with one attached hydrogen (secondary N) is 1. The van der Waals surface area contributed by atoms with E-state index in [0.29, 0.717) is 18.7 Å². The van der Waals surface area contributed by atoms with Gasteiger partial charge in [-0.3, -0.25) is 4.79 Å². The number of carbonyl (C=O) groups is 1. The smallest absolute Gasteiger partial charge is 0.152 e. The Balaban J connectivity index is 2.42. The topological polar surface area (TPSA) is 49.3 Å². The Labute approximate surface area is 92.3 Å². The van der Waals surface area contributed by atoms with E-state index in [0.717, 1.165) is 25.7 Å². The van der Waals surface area contributed by atoms with Gasteiger partial charge in [-0.25, -0.2) is 0 Å². The van der Waals surface area contributed by atoms with Crippen molar-refractivity contribution in [2.45, 2.75) is 58.1 Å². The molecule has 15 heavy (non-hydrogen) atoms. The number of aliphatic hydroxyl groups is 1. The minimum Gasteiger partial charge on any atom is -0.392 e. The Kier molecular flexibility index (Phi) is 5.26. The van der Waals surface area contributed by atoms with E-state index in [2.05, 4.69) is 19.2 Å². The predicted molar refractivity (Wildman–Crippen MR) is 60.7 cm³/mol. The van der Waals surface area contributed by atoms with Crippen LogP contribution in [0.4, 0.5) is 0 Å². The minimum absolute atomic E-state index is 0.0955. The second-order valence-electron chi connectivity index (χ2n) is 4.50. The highest BCUT2D eigenvalue weighted by Gasteiger charge is 2.31. The van der Waals surface area contributed by atoms with Gasteiger partial charge < -0.3 is 10.4 Å². The summed E-state index contributed by atoms with van der Waals surface area (Å²) in [6.07, 6.45) is 4.46. The van der Waals surface area contributed by atoms with Gasteiger partial charge in [0.1, 0.15) is 0 Å². The number of unbranched alkanes of at least 4 members (excludes halogenated alkanes) is 1. The van der Waals surface area contributed by atoms with Gasteiger partial charge in [-0.2, -0.15) is 0 Å². The van der Waals surface area contributed by atoms with E-state index in [1.165, 1.54) is 0 Å². The van der Waals surface area contributed by atoms with E-state index < -0.39 is 0 Å². The van der Waals surface area contributed by atoms with Crippen molar-refractivity contribution in [3.8, 4) is 0 Å². The second kappa shape index (κ2) is 6.23. The molecule has 0 aliphatic carbocycles. The van der Waals surface area contributed by atoms with Gasteiger partial charge in [-0.15, -0.1) is 0 Å². The molecule has 1 saturated heterocycles. The Bertz CT molecular complexity index is 206. The molecule has 1 fully saturated rings. The van der Waals surface area contributed by atoms with Crippen LogP contribution >= 0.6 is 0 Å². The van der Waals surface area contributed by atoms with E-state index in [1.54, 1.807) is 0 Å². The maximum Gasteiger partial charge on any atom is 0.152 e. The first-order valence-corrected chi connectivity index (χ1v) is 6.14. The number of β-amino-alcohol motifs (C(OH)–C–C–N with tert-alkyl or cyclic N) is 1. The first kappa shape index (κ1) is 12.7. The summed E-state index contributed by atoms with van der Waals surface area (Å²) < 4.78 is 0. The van der Waals surface area contributed by atoms with Crippen LogP contribution in [0.25, 0.3) is 0 Å². The summed E-state index contributed by atoms with van der Waals surface area (Å²) >= 11 is 0. The van der Waals surface area contributed by atoms with Crippen LogP contribution in [0.1, 0.15) is 46.0 Å². The second-order valence-corrected chi connectivity index (χ2v) is 4.50. The molecule has 0 aromatic carbocycles. The zero-order valence-corrected chi connectivity index (χ0v) is 9.83. The van der Waals surface area contributed by atoms with Crippen molar-refractivity contribution in [2.24, 2.45) is 5.92 Å². The van der Waals surface area contributed by atoms with Crippen LogP contribution in [0, 0.1) is 5.92 Å². The SMILES string of the molecule is CCCCC(CC)C(=O)[C@@H]1C[C@@H](O)CN1. The molecule has 3 nitrogen and oxygen atoms in total. The van der Waals surface area contributed by atoms with Crippen LogP contribution in [0.2, 0.25) is 0 Å². The van der Waals surface area contributed by atoms with Crippen LogP contribution < -0.4 is 5.32 Å². The lowest BCUT2D eigenvalue weighted by Gasteiger charge is -2.17. The average molecular weight is 213 g/mol. The van der Waals surface area contributed by atoms with Crippen molar-refractivity contribution < 1.29 is 9.90 Å². The maximum atomic E-state index is 12.1. The monoisotopic (exact) mass is 213 g/mol. The Morgan fingerprint density at radius 1 is 1.53 bits per heavy atom. The summed E-state index contributed by atoms with van der Waals surface area (Å²) in [5.74, 6) is 0.496. The summed E-state index contributed by atoms with van der Waals surface area (Å²) in [5.41, 5.74) is 0. The fourth-order valence-corrected chi connectivity index (χ4v) is 2.22. The molecule has 3 atom stereocenters. The number of Topliss-reactive ketones (excluding diaryl/α,β-unsaturated/α-hetero) is 1. The molecule has 2 N–H and O–H groups in total. The Hall–Kier alpha value is -0.410. The third-order valence-electron chi connectivity index (χ3n) is 3.25. The zero-order valence-electron chi connectivity index (χ0n) is 9.83. The van der Waals surface area contributed by atoms with Crippen molar-refractivity contribution in [2.75, 3.05) is 6.54 Å². The summed E-state index contributed by atoms with van der Waals surface area (Å²) in [4.78, 5) is 12.1. The molecule has 0 saturated carbocycles. The van der Waals surface area contributed by atoms with E-state index in [1.807, 2.05) is 0 Å². The predicted octanol–water partition coefficient (Wildman–Crippen LogP) is 1.49. The van der Waals surface area contributed by atoms with Gasteiger partial charge in [0.15, 0.2) is 5.78 Å². The average Bonchev–Trinajstić information content (AvgIpc) is 2.65. The number of rotatable bonds is 6. The van der Waals surface area contributed by atoms with Crippen molar-refractivity contribution >= 4 is 5.78 Å². The zero-order chi connectivity index (χ0) is 11.3. The van der Waals surface area contributed by atoms with Crippen LogP contribution in [0.3, 0.4) is 0 Å². The molecular formula is C12H23NO2. The molecule has 1 aliphatic heterocycles. The quantitative estimate of drug-likeness (QED) is 0.703. The van der Waals surface area contributed by atoms with Gasteiger partial charge in [0.2, 0.25) is 0 Å². The van der Waals surface area contributed by atoms with Gasteiger partial charge in [-0.05, 0) is 19.3 Å². The largest absolute Gasteiger partial charge is 0.392 e. The normalized spacial score (nSPS) is 27.9. The van der Waals surface area contributed by atoms with Crippen molar-refractivity contribution in [1.29, 1.82) is 0 Å². The van der Waals surface area contributed by atoms with Crippen molar-refractivity contribution in [1.82, 2.24) is 5.32 Å². The van der Waals surface area contributed by atoms with Crippen LogP contribution in [0.15, 0.2) is 0 Å². The van der Waals surface area contributed by atoms with Gasteiger partial charge in [-0.1, -0.05) is 26.7 Å². The standard InChI is InChI=1S/C12H23NO2/c1-3-5-6-9(4-2)12(15)11-7-10(14)8-13-11/h9-11,13-14H,3-8H2,1-2H3/t9?,10-,11+/m1/s1. The van der Waals surface area contributed by atoms with Gasteiger partial charge >= 0.3 is 0 Å².